The molecule has 4 atom stereocenters. The van der Waals surface area contributed by atoms with Crippen LogP contribution in [0, 0.1) is 23.7 Å². The minimum absolute atomic E-state index is 0.0181. The van der Waals surface area contributed by atoms with Crippen molar-refractivity contribution in [2.75, 3.05) is 107 Å². The third-order valence-electron chi connectivity index (χ3n) is 19.9. The minimum atomic E-state index is -0.785. The second-order valence-corrected chi connectivity index (χ2v) is 28.0. The van der Waals surface area contributed by atoms with E-state index in [4.69, 9.17) is 35.3 Å². The number of nitrogens with one attached hydrogen (secondary N) is 1. The quantitative estimate of drug-likeness (QED) is 0.00917. The summed E-state index contributed by atoms with van der Waals surface area (Å²) in [6.45, 7) is 19.2. The summed E-state index contributed by atoms with van der Waals surface area (Å²) in [7, 11) is 0. The molecule has 8 heterocycles. The number of hydrogen-bond donors (Lipinski definition) is 5. The number of nitrogen functional groups attached to an aromatic ring is 2. The lowest BCUT2D eigenvalue weighted by atomic mass is 9.83. The van der Waals surface area contributed by atoms with Gasteiger partial charge in [0.2, 0.25) is 17.8 Å². The summed E-state index contributed by atoms with van der Waals surface area (Å²) in [5.74, 6) is 2.16. The van der Waals surface area contributed by atoms with Crippen molar-refractivity contribution in [2.45, 2.75) is 150 Å². The molecular weight excluding hydrogens is 1290 g/mol. The first-order valence-electron chi connectivity index (χ1n) is 35.7. The number of nitrogens with zero attached hydrogens (tertiary/aromatic N) is 15. The molecule has 540 valence electrons. The number of benzene rings is 2. The molecule has 3 aliphatic heterocycles. The summed E-state index contributed by atoms with van der Waals surface area (Å²) in [4.78, 5) is 98.6. The van der Waals surface area contributed by atoms with Crippen LogP contribution in [0.25, 0.3) is 33.4 Å². The first-order valence-corrected chi connectivity index (χ1v) is 35.7. The van der Waals surface area contributed by atoms with Gasteiger partial charge in [-0.2, -0.15) is 10.1 Å². The van der Waals surface area contributed by atoms with E-state index in [-0.39, 0.29) is 67.4 Å². The number of aromatic nitrogens is 9. The van der Waals surface area contributed by atoms with E-state index in [1.165, 1.54) is 11.9 Å². The molecule has 101 heavy (non-hydrogen) atoms. The molecule has 5 aromatic heterocycles. The molecule has 3 amide bonds. The molecule has 2 saturated heterocycles. The lowest BCUT2D eigenvalue weighted by Crippen LogP contribution is -2.49. The van der Waals surface area contributed by atoms with Gasteiger partial charge in [-0.05, 0) is 135 Å². The number of aliphatic hydroxyl groups is 2. The molecule has 28 heteroatoms. The van der Waals surface area contributed by atoms with Crippen LogP contribution in [0.2, 0.25) is 0 Å². The van der Waals surface area contributed by atoms with Crippen LogP contribution in [0.5, 0.6) is 0 Å². The number of aliphatic hydroxyl groups excluding tert-OH is 2. The summed E-state index contributed by atoms with van der Waals surface area (Å²) in [5, 5.41) is 34.1. The normalized spacial score (nSPS) is 18.4. The summed E-state index contributed by atoms with van der Waals surface area (Å²) < 4.78 is 18.7. The van der Waals surface area contributed by atoms with E-state index in [0.29, 0.717) is 147 Å². The highest BCUT2D eigenvalue weighted by Gasteiger charge is 2.29. The van der Waals surface area contributed by atoms with E-state index in [1.807, 2.05) is 38.4 Å². The van der Waals surface area contributed by atoms with E-state index >= 15 is 0 Å². The predicted molar refractivity (Wildman–Crippen MR) is 383 cm³/mol. The average Bonchev–Trinajstić information content (AvgIpc) is 1.63. The standard InChI is InChI=1S/C73H98N18O10/c1-47(2)32-49(4)60(36-62(94)50(5)33-48(3)6-15-59(99-46-92)16-10-51-8-13-58(93)14-9-51)85-100-44-64(95)76-37-53-38-77-72(78-39-53)89-27-25-87(26-28-89)65(96)19-30-98-31-29-86-21-23-88(24-22-86)73-79-40-57(41-80-73)70(97)90-20-18-54-34-52(7-11-56(54)43-90)42-91-69-66(68(74)81-45-82-69)67(84-91)55-12-17-63-61(35-55)83-71(75)101-63/h7,11-12,17,33-35,38-41,45-49,51,58-59,62,93-94H,6,8-10,13-16,18-32,36-37,42-44H2,1-5H3,(H2,75,83)(H,76,95)(H2,74,81,82)/b50-33+,85-60-/t48-,49+,51?,58?,59-,62-/m0/s1. The van der Waals surface area contributed by atoms with Crippen molar-refractivity contribution in [1.29, 1.82) is 0 Å². The number of anilines is 4. The molecule has 3 fully saturated rings. The number of carbonyl (C=O) groups is 4. The van der Waals surface area contributed by atoms with Gasteiger partial charge in [0.15, 0.2) is 17.8 Å². The predicted octanol–water partition coefficient (Wildman–Crippen LogP) is 7.16. The SMILES string of the molecule is C/C(=C\[C@@H](C)CC[C@@H](CCC1CCC(O)CC1)OC=O)[C@@H](O)C/C(=N/OCC(=O)NCc1cnc(N2CCN(C(=O)CCOCCN3CCN(c4ncc(C(=O)N5CCc6cc(Cn7nc(-c8ccc9oc(N)nc9c8)c8c(N)ncnc87)ccc6C5)cn4)CC3)CC2)nc1)[C@H](C)CC(C)C. The number of hydrogen-bond acceptors (Lipinski definition) is 24. The van der Waals surface area contributed by atoms with Crippen molar-refractivity contribution in [3.05, 3.63) is 107 Å². The Morgan fingerprint density at radius 3 is 2.28 bits per heavy atom. The highest BCUT2D eigenvalue weighted by Crippen LogP contribution is 2.34. The molecule has 1 aliphatic carbocycles. The zero-order valence-electron chi connectivity index (χ0n) is 58.9. The maximum atomic E-state index is 13.8. The Hall–Kier alpha value is -9.25. The van der Waals surface area contributed by atoms with E-state index < -0.39 is 6.10 Å². The number of oxazole rings is 1. The number of piperazine rings is 2. The maximum absolute atomic E-state index is 13.8. The topological polar surface area (TPSA) is 350 Å². The lowest BCUT2D eigenvalue weighted by molar-refractivity contribution is -0.134. The molecule has 28 nitrogen and oxygen atoms in total. The van der Waals surface area contributed by atoms with Crippen LogP contribution in [0.1, 0.15) is 138 Å². The molecule has 0 bridgehead atoms. The van der Waals surface area contributed by atoms with Gasteiger partial charge in [0.05, 0.1) is 55.0 Å². The molecule has 0 radical (unpaired) electrons. The Balaban J connectivity index is 0.541. The highest BCUT2D eigenvalue weighted by atomic mass is 16.6. The van der Waals surface area contributed by atoms with Crippen molar-refractivity contribution in [2.24, 2.45) is 28.8 Å². The monoisotopic (exact) mass is 1390 g/mol. The molecule has 0 spiro atoms. The van der Waals surface area contributed by atoms with Crippen LogP contribution in [-0.2, 0) is 54.8 Å². The number of rotatable bonds is 32. The van der Waals surface area contributed by atoms with E-state index in [0.717, 1.165) is 118 Å². The zero-order valence-corrected chi connectivity index (χ0v) is 58.9. The van der Waals surface area contributed by atoms with Crippen LogP contribution in [0.15, 0.2) is 88.7 Å². The van der Waals surface area contributed by atoms with Crippen molar-refractivity contribution < 1.29 is 48.1 Å². The minimum Gasteiger partial charge on any atom is -0.465 e. The number of oxime groups is 1. The van der Waals surface area contributed by atoms with Gasteiger partial charge in [0.1, 0.15) is 29.5 Å². The zero-order chi connectivity index (χ0) is 70.9. The van der Waals surface area contributed by atoms with Crippen molar-refractivity contribution in [3.8, 4) is 11.3 Å². The third-order valence-corrected chi connectivity index (χ3v) is 19.9. The van der Waals surface area contributed by atoms with Gasteiger partial charge in [-0.1, -0.05) is 57.1 Å². The van der Waals surface area contributed by atoms with Crippen molar-refractivity contribution in [1.82, 2.24) is 64.7 Å². The van der Waals surface area contributed by atoms with Crippen molar-refractivity contribution in [3.63, 3.8) is 0 Å². The van der Waals surface area contributed by atoms with E-state index in [9.17, 15) is 29.4 Å². The Bertz CT molecular complexity index is 3970. The lowest BCUT2D eigenvalue weighted by Gasteiger charge is -2.35. The van der Waals surface area contributed by atoms with E-state index in [1.54, 1.807) is 30.9 Å². The van der Waals surface area contributed by atoms with Crippen LogP contribution in [-0.4, -0.2) is 203 Å². The van der Waals surface area contributed by atoms with Gasteiger partial charge in [0.25, 0.3) is 24.3 Å². The van der Waals surface area contributed by atoms with Crippen LogP contribution in [0.3, 0.4) is 0 Å². The fourth-order valence-corrected chi connectivity index (χ4v) is 14.1. The number of nitrogens with two attached hydrogens (primary N) is 2. The van der Waals surface area contributed by atoms with Crippen LogP contribution >= 0.6 is 0 Å². The van der Waals surface area contributed by atoms with Crippen LogP contribution < -0.4 is 26.6 Å². The summed E-state index contributed by atoms with van der Waals surface area (Å²) in [6.07, 6.45) is 18.2. The average molecular weight is 1390 g/mol. The first kappa shape index (κ1) is 73.0. The van der Waals surface area contributed by atoms with Gasteiger partial charge in [-0.15, -0.1) is 0 Å². The Morgan fingerprint density at radius 2 is 1.54 bits per heavy atom. The van der Waals surface area contributed by atoms with E-state index in [2.05, 4.69) is 107 Å². The highest BCUT2D eigenvalue weighted by molar-refractivity contribution is 5.99. The molecule has 0 unspecified atom stereocenters. The van der Waals surface area contributed by atoms with Gasteiger partial charge >= 0.3 is 0 Å². The number of fused-ring (bicyclic) bond motifs is 3. The van der Waals surface area contributed by atoms with Crippen molar-refractivity contribution >= 4 is 75.8 Å². The fraction of sp³-hybridized carbons (Fsp3) is 0.548. The Morgan fingerprint density at radius 1 is 0.812 bits per heavy atom. The third kappa shape index (κ3) is 19.9. The summed E-state index contributed by atoms with van der Waals surface area (Å²) in [6, 6.07) is 11.9. The van der Waals surface area contributed by atoms with Crippen LogP contribution in [0.4, 0.5) is 23.7 Å². The molecule has 1 saturated carbocycles. The number of allylic oxidation sites excluding steroid dienone is 1. The first-order chi connectivity index (χ1) is 48.9. The summed E-state index contributed by atoms with van der Waals surface area (Å²) in [5.41, 5.74) is 21.4. The van der Waals surface area contributed by atoms with Gasteiger partial charge in [-0.25, -0.2) is 34.6 Å². The number of ether oxygens (including phenoxy) is 2. The molecule has 2 aromatic carbocycles. The van der Waals surface area contributed by atoms with Gasteiger partial charge < -0.3 is 65.3 Å². The van der Waals surface area contributed by atoms with Gasteiger partial charge in [-0.3, -0.25) is 24.1 Å². The number of carbonyl (C=O) groups excluding carboxylic acids is 4. The second-order valence-electron chi connectivity index (χ2n) is 28.0. The largest absolute Gasteiger partial charge is 0.465 e. The second kappa shape index (κ2) is 34.9. The Labute approximate surface area is 589 Å². The molecule has 11 rings (SSSR count). The summed E-state index contributed by atoms with van der Waals surface area (Å²) >= 11 is 0. The molecule has 7 N–H and O–H groups in total. The maximum Gasteiger partial charge on any atom is 0.293 e. The smallest absolute Gasteiger partial charge is 0.293 e. The Kier molecular flexibility index (Phi) is 25.2. The molecule has 4 aliphatic rings. The fourth-order valence-electron chi connectivity index (χ4n) is 14.1. The molecular formula is C73H98N18O10. The number of amides is 3. The molecule has 7 aromatic rings. The van der Waals surface area contributed by atoms with Gasteiger partial charge in [0, 0.05) is 121 Å².